The van der Waals surface area contributed by atoms with Crippen LogP contribution in [0.4, 0.5) is 0 Å². The molecule has 0 aliphatic rings. The zero-order chi connectivity index (χ0) is 17.1. The lowest BCUT2D eigenvalue weighted by Crippen LogP contribution is -1.79. The minimum absolute atomic E-state index is 0.495. The summed E-state index contributed by atoms with van der Waals surface area (Å²) in [7, 11) is 0. The smallest absolute Gasteiger partial charge is 0.136 e. The molecule has 4 aromatic rings. The molecule has 0 aliphatic heterocycles. The van der Waals surface area contributed by atoms with E-state index in [9.17, 15) is 0 Å². The van der Waals surface area contributed by atoms with Crippen LogP contribution in [0, 0.1) is 0 Å². The predicted molar refractivity (Wildman–Crippen MR) is 104 cm³/mol. The molecule has 2 heterocycles. The highest BCUT2D eigenvalue weighted by molar-refractivity contribution is 6.39. The Bertz CT molecular complexity index is 936. The molecule has 0 atom stereocenters. The van der Waals surface area contributed by atoms with E-state index in [0.29, 0.717) is 20.4 Å². The van der Waals surface area contributed by atoms with Crippen LogP contribution in [0.15, 0.2) is 60.8 Å². The Balaban J connectivity index is 0.000000141. The molecule has 0 fully saturated rings. The van der Waals surface area contributed by atoms with Gasteiger partial charge in [0, 0.05) is 27.4 Å². The van der Waals surface area contributed by atoms with Crippen molar-refractivity contribution in [3.63, 3.8) is 0 Å². The largest absolute Gasteiger partial charge is 0.242 e. The normalized spacial score (nSPS) is 10.5. The van der Waals surface area contributed by atoms with Gasteiger partial charge in [-0.15, -0.1) is 0 Å². The molecule has 0 amide bonds. The highest BCUT2D eigenvalue weighted by atomic mass is 35.5. The first-order valence-electron chi connectivity index (χ1n) is 6.95. The third-order valence-corrected chi connectivity index (χ3v) is 4.36. The lowest BCUT2D eigenvalue weighted by atomic mass is 10.2. The van der Waals surface area contributed by atoms with Crippen LogP contribution in [0.1, 0.15) is 0 Å². The molecule has 24 heavy (non-hydrogen) atoms. The molecule has 0 aliphatic carbocycles. The number of pyridine rings is 2. The molecule has 2 aromatic carbocycles. The lowest BCUT2D eigenvalue weighted by Gasteiger charge is -1.99. The van der Waals surface area contributed by atoms with Crippen LogP contribution >= 0.6 is 46.4 Å². The molecule has 0 saturated heterocycles. The second-order valence-electron chi connectivity index (χ2n) is 4.91. The number of nitrogens with zero attached hydrogens (tertiary/aromatic N) is 2. The van der Waals surface area contributed by atoms with Gasteiger partial charge in [-0.25, -0.2) is 9.97 Å². The first-order chi connectivity index (χ1) is 11.5. The van der Waals surface area contributed by atoms with E-state index in [0.717, 1.165) is 21.7 Å². The minimum atomic E-state index is 0.495. The van der Waals surface area contributed by atoms with E-state index in [-0.39, 0.29) is 0 Å². The van der Waals surface area contributed by atoms with Crippen LogP contribution in [-0.4, -0.2) is 9.97 Å². The first kappa shape index (κ1) is 17.2. The zero-order valence-corrected chi connectivity index (χ0v) is 15.2. The van der Waals surface area contributed by atoms with Crippen LogP contribution in [-0.2, 0) is 0 Å². The summed E-state index contributed by atoms with van der Waals surface area (Å²) in [6.45, 7) is 0. The number of rotatable bonds is 0. The topological polar surface area (TPSA) is 25.8 Å². The van der Waals surface area contributed by atoms with E-state index in [1.54, 1.807) is 18.3 Å². The standard InChI is InChI=1S/2C9H5Cl2N/c10-7-2-3-8-6(5-7)1-4-9(11)12-8;10-8-5-12-9(11)7-4-2-1-3-6(7)8/h2*1-5H. The summed E-state index contributed by atoms with van der Waals surface area (Å²) in [4.78, 5) is 8.06. The molecule has 2 aromatic heterocycles. The fraction of sp³-hybridized carbons (Fsp3) is 0. The van der Waals surface area contributed by atoms with Crippen LogP contribution < -0.4 is 0 Å². The molecule has 4 rings (SSSR count). The summed E-state index contributed by atoms with van der Waals surface area (Å²) < 4.78 is 0. The summed E-state index contributed by atoms with van der Waals surface area (Å²) in [5.74, 6) is 0. The Morgan fingerprint density at radius 3 is 2.25 bits per heavy atom. The molecular formula is C18H10Cl4N2. The number of aromatic nitrogens is 2. The molecule has 2 nitrogen and oxygen atoms in total. The van der Waals surface area contributed by atoms with Gasteiger partial charge in [-0.3, -0.25) is 0 Å². The van der Waals surface area contributed by atoms with E-state index in [2.05, 4.69) is 9.97 Å². The van der Waals surface area contributed by atoms with Crippen molar-refractivity contribution in [2.45, 2.75) is 0 Å². The zero-order valence-electron chi connectivity index (χ0n) is 12.2. The van der Waals surface area contributed by atoms with Crippen molar-refractivity contribution in [1.82, 2.24) is 9.97 Å². The average molecular weight is 396 g/mol. The first-order valence-corrected chi connectivity index (χ1v) is 8.46. The summed E-state index contributed by atoms with van der Waals surface area (Å²) in [5, 5.41) is 5.19. The van der Waals surface area contributed by atoms with Gasteiger partial charge in [-0.05, 0) is 30.3 Å². The lowest BCUT2D eigenvalue weighted by molar-refractivity contribution is 1.36. The number of benzene rings is 2. The second-order valence-corrected chi connectivity index (χ2v) is 6.50. The van der Waals surface area contributed by atoms with Crippen molar-refractivity contribution in [2.75, 3.05) is 0 Å². The Labute approximate surface area is 159 Å². The van der Waals surface area contributed by atoms with Crippen molar-refractivity contribution in [3.05, 3.63) is 81.1 Å². The fourth-order valence-electron chi connectivity index (χ4n) is 2.20. The number of hydrogen-bond acceptors (Lipinski definition) is 2. The second kappa shape index (κ2) is 7.54. The van der Waals surface area contributed by atoms with Crippen molar-refractivity contribution < 1.29 is 0 Å². The van der Waals surface area contributed by atoms with Gasteiger partial charge >= 0.3 is 0 Å². The Morgan fingerprint density at radius 2 is 1.50 bits per heavy atom. The van der Waals surface area contributed by atoms with Crippen LogP contribution in [0.5, 0.6) is 0 Å². The molecular weight excluding hydrogens is 386 g/mol. The van der Waals surface area contributed by atoms with Gasteiger partial charge in [-0.1, -0.05) is 70.7 Å². The Hall–Kier alpha value is -1.58. The van der Waals surface area contributed by atoms with Gasteiger partial charge in [0.2, 0.25) is 0 Å². The maximum Gasteiger partial charge on any atom is 0.136 e. The molecule has 0 bridgehead atoms. The highest BCUT2D eigenvalue weighted by Crippen LogP contribution is 2.26. The SMILES string of the molecule is Clc1ccc2nc(Cl)ccc2c1.Clc1cnc(Cl)c2ccccc12. The molecule has 0 spiro atoms. The van der Waals surface area contributed by atoms with E-state index >= 15 is 0 Å². The fourth-order valence-corrected chi connectivity index (χ4v) is 2.96. The molecule has 6 heteroatoms. The summed E-state index contributed by atoms with van der Waals surface area (Å²) in [6, 6.07) is 16.8. The monoisotopic (exact) mass is 394 g/mol. The highest BCUT2D eigenvalue weighted by Gasteiger charge is 2.02. The van der Waals surface area contributed by atoms with Gasteiger partial charge in [0.15, 0.2) is 0 Å². The van der Waals surface area contributed by atoms with E-state index < -0.39 is 0 Å². The van der Waals surface area contributed by atoms with Crippen molar-refractivity contribution in [1.29, 1.82) is 0 Å². The Morgan fingerprint density at radius 1 is 0.750 bits per heavy atom. The van der Waals surface area contributed by atoms with E-state index in [1.165, 1.54) is 0 Å². The summed E-state index contributed by atoms with van der Waals surface area (Å²) in [5.41, 5.74) is 0.868. The molecule has 0 N–H and O–H groups in total. The van der Waals surface area contributed by atoms with E-state index in [4.69, 9.17) is 46.4 Å². The quantitative estimate of drug-likeness (QED) is 0.297. The van der Waals surface area contributed by atoms with Gasteiger partial charge in [0.1, 0.15) is 10.3 Å². The molecule has 0 saturated carbocycles. The van der Waals surface area contributed by atoms with Crippen LogP contribution in [0.25, 0.3) is 21.7 Å². The van der Waals surface area contributed by atoms with Gasteiger partial charge < -0.3 is 0 Å². The number of hydrogen-bond donors (Lipinski definition) is 0. The molecule has 0 radical (unpaired) electrons. The number of fused-ring (bicyclic) bond motifs is 2. The minimum Gasteiger partial charge on any atom is -0.242 e. The maximum absolute atomic E-state index is 5.91. The Kier molecular flexibility index (Phi) is 5.42. The predicted octanol–water partition coefficient (Wildman–Crippen LogP) is 7.08. The third kappa shape index (κ3) is 3.90. The van der Waals surface area contributed by atoms with E-state index in [1.807, 2.05) is 42.5 Å². The van der Waals surface area contributed by atoms with Crippen LogP contribution in [0.3, 0.4) is 0 Å². The summed E-state index contributed by atoms with van der Waals surface area (Å²) >= 11 is 23.3. The van der Waals surface area contributed by atoms with Crippen molar-refractivity contribution in [2.24, 2.45) is 0 Å². The third-order valence-electron chi connectivity index (χ3n) is 3.32. The van der Waals surface area contributed by atoms with Gasteiger partial charge in [-0.2, -0.15) is 0 Å². The van der Waals surface area contributed by atoms with Crippen LogP contribution in [0.2, 0.25) is 20.4 Å². The van der Waals surface area contributed by atoms with Crippen molar-refractivity contribution in [3.8, 4) is 0 Å². The number of halogens is 4. The molecule has 120 valence electrons. The van der Waals surface area contributed by atoms with Crippen molar-refractivity contribution >= 4 is 68.1 Å². The maximum atomic E-state index is 5.91. The molecule has 0 unspecified atom stereocenters. The van der Waals surface area contributed by atoms with Gasteiger partial charge in [0.05, 0.1) is 10.5 Å². The summed E-state index contributed by atoms with van der Waals surface area (Å²) in [6.07, 6.45) is 1.56. The average Bonchev–Trinajstić information content (AvgIpc) is 2.59. The van der Waals surface area contributed by atoms with Gasteiger partial charge in [0.25, 0.3) is 0 Å².